The van der Waals surface area contributed by atoms with Crippen LogP contribution in [0.3, 0.4) is 0 Å². The number of benzene rings is 1. The summed E-state index contributed by atoms with van der Waals surface area (Å²) in [6.45, 7) is 2.07. The summed E-state index contributed by atoms with van der Waals surface area (Å²) in [4.78, 5) is 26.2. The van der Waals surface area contributed by atoms with E-state index in [1.807, 2.05) is 43.3 Å². The number of H-pyrrole nitrogens is 1. The van der Waals surface area contributed by atoms with Crippen LogP contribution in [0.25, 0.3) is 11.3 Å². The second-order valence-corrected chi connectivity index (χ2v) is 5.19. The minimum atomic E-state index is -0.876. The SMILES string of the molecule is CCCC(CNC(=O)c1ccc(-c2ccccc2)[nH]1)C(=O)O. The van der Waals surface area contributed by atoms with E-state index in [0.717, 1.165) is 17.7 Å². The second kappa shape index (κ2) is 7.45. The van der Waals surface area contributed by atoms with Crippen molar-refractivity contribution in [3.8, 4) is 11.3 Å². The standard InChI is InChI=1S/C17H20N2O3/c1-2-6-13(17(21)22)11-18-16(20)15-10-9-14(19-15)12-7-4-3-5-8-12/h3-5,7-10,13,19H,2,6,11H2,1H3,(H,18,20)(H,21,22). The highest BCUT2D eigenvalue weighted by Crippen LogP contribution is 2.17. The van der Waals surface area contributed by atoms with Gasteiger partial charge in [0.25, 0.3) is 5.91 Å². The Labute approximate surface area is 129 Å². The summed E-state index contributed by atoms with van der Waals surface area (Å²) in [5.41, 5.74) is 2.28. The van der Waals surface area contributed by atoms with Crippen molar-refractivity contribution < 1.29 is 14.7 Å². The number of aromatic nitrogens is 1. The molecule has 1 aromatic heterocycles. The summed E-state index contributed by atoms with van der Waals surface area (Å²) < 4.78 is 0. The van der Waals surface area contributed by atoms with Gasteiger partial charge in [0, 0.05) is 12.2 Å². The number of carbonyl (C=O) groups is 2. The molecule has 5 nitrogen and oxygen atoms in total. The molecule has 1 unspecified atom stereocenters. The van der Waals surface area contributed by atoms with Gasteiger partial charge in [0.2, 0.25) is 0 Å². The van der Waals surface area contributed by atoms with Crippen LogP contribution in [0.2, 0.25) is 0 Å². The Morgan fingerprint density at radius 3 is 2.55 bits per heavy atom. The van der Waals surface area contributed by atoms with Crippen LogP contribution in [0.5, 0.6) is 0 Å². The molecule has 2 rings (SSSR count). The number of aliphatic carboxylic acids is 1. The normalized spacial score (nSPS) is 11.9. The zero-order valence-electron chi connectivity index (χ0n) is 12.5. The molecule has 0 aliphatic carbocycles. The molecule has 0 aliphatic heterocycles. The van der Waals surface area contributed by atoms with Crippen molar-refractivity contribution in [2.24, 2.45) is 5.92 Å². The summed E-state index contributed by atoms with van der Waals surface area (Å²) in [6, 6.07) is 13.2. The van der Waals surface area contributed by atoms with E-state index >= 15 is 0 Å². The largest absolute Gasteiger partial charge is 0.481 e. The highest BCUT2D eigenvalue weighted by molar-refractivity contribution is 5.93. The third-order valence-electron chi connectivity index (χ3n) is 3.51. The van der Waals surface area contributed by atoms with Gasteiger partial charge < -0.3 is 15.4 Å². The molecule has 22 heavy (non-hydrogen) atoms. The molecule has 0 saturated heterocycles. The van der Waals surface area contributed by atoms with Crippen LogP contribution >= 0.6 is 0 Å². The van der Waals surface area contributed by atoms with Crippen molar-refractivity contribution in [1.29, 1.82) is 0 Å². The molecule has 0 fully saturated rings. The molecular weight excluding hydrogens is 280 g/mol. The fourth-order valence-electron chi connectivity index (χ4n) is 2.29. The molecule has 1 heterocycles. The van der Waals surface area contributed by atoms with Crippen molar-refractivity contribution in [1.82, 2.24) is 10.3 Å². The first-order valence-electron chi connectivity index (χ1n) is 7.37. The predicted octanol–water partition coefficient (Wildman–Crippen LogP) is 2.91. The van der Waals surface area contributed by atoms with Crippen molar-refractivity contribution >= 4 is 11.9 Å². The minimum absolute atomic E-state index is 0.141. The lowest BCUT2D eigenvalue weighted by atomic mass is 10.0. The predicted molar refractivity (Wildman–Crippen MR) is 84.6 cm³/mol. The average molecular weight is 300 g/mol. The number of amides is 1. The topological polar surface area (TPSA) is 82.2 Å². The molecule has 1 atom stereocenters. The fraction of sp³-hybridized carbons (Fsp3) is 0.294. The molecule has 1 amide bonds. The lowest BCUT2D eigenvalue weighted by molar-refractivity contribution is -0.141. The van der Waals surface area contributed by atoms with Gasteiger partial charge in [-0.1, -0.05) is 43.7 Å². The van der Waals surface area contributed by atoms with Gasteiger partial charge in [0.05, 0.1) is 5.92 Å². The van der Waals surface area contributed by atoms with Gasteiger partial charge in [-0.3, -0.25) is 9.59 Å². The van der Waals surface area contributed by atoms with E-state index in [1.165, 1.54) is 0 Å². The summed E-state index contributed by atoms with van der Waals surface area (Å²) in [6.07, 6.45) is 1.32. The van der Waals surface area contributed by atoms with E-state index < -0.39 is 11.9 Å². The van der Waals surface area contributed by atoms with Gasteiger partial charge in [-0.2, -0.15) is 0 Å². The number of carboxylic acid groups (broad SMARTS) is 1. The number of hydrogen-bond donors (Lipinski definition) is 3. The van der Waals surface area contributed by atoms with Gasteiger partial charge in [0.15, 0.2) is 0 Å². The number of rotatable bonds is 7. The molecule has 0 aliphatic rings. The maximum Gasteiger partial charge on any atom is 0.308 e. The lowest BCUT2D eigenvalue weighted by Crippen LogP contribution is -2.33. The first kappa shape index (κ1) is 15.8. The van der Waals surface area contributed by atoms with Crippen LogP contribution in [0.1, 0.15) is 30.3 Å². The lowest BCUT2D eigenvalue weighted by Gasteiger charge is -2.11. The number of hydrogen-bond acceptors (Lipinski definition) is 2. The van der Waals surface area contributed by atoms with Crippen LogP contribution in [-0.2, 0) is 4.79 Å². The van der Waals surface area contributed by atoms with Gasteiger partial charge >= 0.3 is 5.97 Å². The Hall–Kier alpha value is -2.56. The number of carboxylic acids is 1. The molecule has 1 aromatic carbocycles. The Bertz CT molecular complexity index is 634. The Balaban J connectivity index is 1.99. The maximum absolute atomic E-state index is 12.1. The number of carbonyl (C=O) groups excluding carboxylic acids is 1. The van der Waals surface area contributed by atoms with E-state index in [9.17, 15) is 9.59 Å². The van der Waals surface area contributed by atoms with E-state index in [0.29, 0.717) is 12.1 Å². The summed E-state index contributed by atoms with van der Waals surface area (Å²) >= 11 is 0. The first-order valence-corrected chi connectivity index (χ1v) is 7.37. The third-order valence-corrected chi connectivity index (χ3v) is 3.51. The van der Waals surface area contributed by atoms with Crippen molar-refractivity contribution in [3.05, 3.63) is 48.2 Å². The van der Waals surface area contributed by atoms with Crippen LogP contribution < -0.4 is 5.32 Å². The monoisotopic (exact) mass is 300 g/mol. The molecular formula is C17H20N2O3. The van der Waals surface area contributed by atoms with Gasteiger partial charge in [-0.05, 0) is 24.1 Å². The number of nitrogens with one attached hydrogen (secondary N) is 2. The Kier molecular flexibility index (Phi) is 5.36. The number of aromatic amines is 1. The molecule has 0 spiro atoms. The molecule has 116 valence electrons. The van der Waals surface area contributed by atoms with Crippen LogP contribution in [-0.4, -0.2) is 28.5 Å². The maximum atomic E-state index is 12.1. The van der Waals surface area contributed by atoms with E-state index in [4.69, 9.17) is 5.11 Å². The first-order chi connectivity index (χ1) is 10.6. The van der Waals surface area contributed by atoms with Gasteiger partial charge in [0.1, 0.15) is 5.69 Å². The molecule has 2 aromatic rings. The molecule has 5 heteroatoms. The summed E-state index contributed by atoms with van der Waals surface area (Å²) in [5, 5.41) is 11.8. The van der Waals surface area contributed by atoms with Gasteiger partial charge in [-0.15, -0.1) is 0 Å². The zero-order valence-corrected chi connectivity index (χ0v) is 12.5. The molecule has 0 radical (unpaired) electrons. The minimum Gasteiger partial charge on any atom is -0.481 e. The molecule has 0 bridgehead atoms. The second-order valence-electron chi connectivity index (χ2n) is 5.19. The third kappa shape index (κ3) is 3.97. The highest BCUT2D eigenvalue weighted by Gasteiger charge is 2.18. The Morgan fingerprint density at radius 2 is 1.91 bits per heavy atom. The Morgan fingerprint density at radius 1 is 1.18 bits per heavy atom. The van der Waals surface area contributed by atoms with Crippen LogP contribution in [0.15, 0.2) is 42.5 Å². The zero-order chi connectivity index (χ0) is 15.9. The quantitative estimate of drug-likeness (QED) is 0.735. The van der Waals surface area contributed by atoms with E-state index in [2.05, 4.69) is 10.3 Å². The van der Waals surface area contributed by atoms with E-state index in [-0.39, 0.29) is 12.5 Å². The van der Waals surface area contributed by atoms with Crippen LogP contribution in [0.4, 0.5) is 0 Å². The van der Waals surface area contributed by atoms with Gasteiger partial charge in [-0.25, -0.2) is 0 Å². The van der Waals surface area contributed by atoms with Crippen molar-refractivity contribution in [2.75, 3.05) is 6.54 Å². The molecule has 3 N–H and O–H groups in total. The average Bonchev–Trinajstić information content (AvgIpc) is 3.01. The van der Waals surface area contributed by atoms with Crippen molar-refractivity contribution in [2.45, 2.75) is 19.8 Å². The highest BCUT2D eigenvalue weighted by atomic mass is 16.4. The summed E-state index contributed by atoms with van der Waals surface area (Å²) in [5.74, 6) is -1.71. The van der Waals surface area contributed by atoms with Crippen molar-refractivity contribution in [3.63, 3.8) is 0 Å². The fourth-order valence-corrected chi connectivity index (χ4v) is 2.29. The smallest absolute Gasteiger partial charge is 0.308 e. The van der Waals surface area contributed by atoms with E-state index in [1.54, 1.807) is 6.07 Å². The summed E-state index contributed by atoms with van der Waals surface area (Å²) in [7, 11) is 0. The molecule has 0 saturated carbocycles. The van der Waals surface area contributed by atoms with Crippen LogP contribution in [0, 0.1) is 5.92 Å².